The highest BCUT2D eigenvalue weighted by atomic mass is 16.2. The first-order chi connectivity index (χ1) is 6.79. The zero-order valence-corrected chi connectivity index (χ0v) is 9.59. The van der Waals surface area contributed by atoms with E-state index >= 15 is 0 Å². The molecule has 82 valence electrons. The van der Waals surface area contributed by atoms with Crippen LogP contribution in [0.15, 0.2) is 0 Å². The van der Waals surface area contributed by atoms with E-state index in [0.717, 1.165) is 13.0 Å². The lowest BCUT2D eigenvalue weighted by Gasteiger charge is -2.34. The lowest BCUT2D eigenvalue weighted by atomic mass is 9.94. The summed E-state index contributed by atoms with van der Waals surface area (Å²) in [6, 6.07) is 0.552. The average Bonchev–Trinajstić information content (AvgIpc) is 2.26. The second-order valence-corrected chi connectivity index (χ2v) is 4.23. The van der Waals surface area contributed by atoms with E-state index in [9.17, 15) is 4.79 Å². The molecular formula is C12H23NO. The second kappa shape index (κ2) is 6.05. The lowest BCUT2D eigenvalue weighted by Crippen LogP contribution is -2.41. The van der Waals surface area contributed by atoms with Crippen molar-refractivity contribution in [1.82, 2.24) is 4.90 Å². The van der Waals surface area contributed by atoms with Gasteiger partial charge in [0.15, 0.2) is 0 Å². The van der Waals surface area contributed by atoms with Crippen molar-refractivity contribution in [3.8, 4) is 0 Å². The molecule has 1 rings (SSSR count). The van der Waals surface area contributed by atoms with E-state index in [-0.39, 0.29) is 0 Å². The fourth-order valence-electron chi connectivity index (χ4n) is 2.35. The molecule has 1 aliphatic carbocycles. The van der Waals surface area contributed by atoms with Crippen LogP contribution in [0.3, 0.4) is 0 Å². The predicted molar refractivity (Wildman–Crippen MR) is 59.2 cm³/mol. The summed E-state index contributed by atoms with van der Waals surface area (Å²) in [4.78, 5) is 13.9. The average molecular weight is 197 g/mol. The molecular weight excluding hydrogens is 174 g/mol. The van der Waals surface area contributed by atoms with E-state index in [0.29, 0.717) is 18.4 Å². The molecule has 1 aliphatic rings. The molecule has 2 heteroatoms. The van der Waals surface area contributed by atoms with Gasteiger partial charge in [0.25, 0.3) is 0 Å². The van der Waals surface area contributed by atoms with Gasteiger partial charge >= 0.3 is 0 Å². The highest BCUT2D eigenvalue weighted by Crippen LogP contribution is 2.23. The molecule has 0 aromatic rings. The first-order valence-corrected chi connectivity index (χ1v) is 6.09. The van der Waals surface area contributed by atoms with E-state index in [4.69, 9.17) is 0 Å². The maximum absolute atomic E-state index is 11.7. The minimum atomic E-state index is 0.346. The molecule has 1 amide bonds. The summed E-state index contributed by atoms with van der Waals surface area (Å²) in [5.74, 6) is 0.346. The first kappa shape index (κ1) is 11.5. The zero-order chi connectivity index (χ0) is 10.4. The van der Waals surface area contributed by atoms with E-state index < -0.39 is 0 Å². The van der Waals surface area contributed by atoms with Crippen molar-refractivity contribution in [3.63, 3.8) is 0 Å². The van der Waals surface area contributed by atoms with Crippen LogP contribution in [0.2, 0.25) is 0 Å². The molecule has 0 saturated heterocycles. The van der Waals surface area contributed by atoms with E-state index in [1.54, 1.807) is 0 Å². The standard InChI is InChI=1S/C12H23NO/c1-3-10-13(12(14)4-2)11-8-6-5-7-9-11/h11H,3-10H2,1-2H3. The van der Waals surface area contributed by atoms with Crippen molar-refractivity contribution in [2.75, 3.05) is 6.54 Å². The van der Waals surface area contributed by atoms with Crippen molar-refractivity contribution in [3.05, 3.63) is 0 Å². The van der Waals surface area contributed by atoms with Crippen LogP contribution in [0.5, 0.6) is 0 Å². The van der Waals surface area contributed by atoms with Crippen LogP contribution >= 0.6 is 0 Å². The number of carbonyl (C=O) groups excluding carboxylic acids is 1. The summed E-state index contributed by atoms with van der Waals surface area (Å²) in [5.41, 5.74) is 0. The Hall–Kier alpha value is -0.530. The molecule has 0 radical (unpaired) electrons. The van der Waals surface area contributed by atoms with Gasteiger partial charge in [-0.2, -0.15) is 0 Å². The van der Waals surface area contributed by atoms with Gasteiger partial charge < -0.3 is 4.90 Å². The van der Waals surface area contributed by atoms with Crippen molar-refractivity contribution < 1.29 is 4.79 Å². The molecule has 0 aromatic carbocycles. The number of rotatable bonds is 4. The Morgan fingerprint density at radius 1 is 1.21 bits per heavy atom. The molecule has 14 heavy (non-hydrogen) atoms. The van der Waals surface area contributed by atoms with Gasteiger partial charge in [-0.1, -0.05) is 33.1 Å². The van der Waals surface area contributed by atoms with E-state index in [2.05, 4.69) is 11.8 Å². The third-order valence-corrected chi connectivity index (χ3v) is 3.10. The predicted octanol–water partition coefficient (Wildman–Crippen LogP) is 2.97. The van der Waals surface area contributed by atoms with Crippen molar-refractivity contribution >= 4 is 5.91 Å². The Kier molecular flexibility index (Phi) is 4.99. The minimum absolute atomic E-state index is 0.346. The molecule has 0 atom stereocenters. The maximum Gasteiger partial charge on any atom is 0.222 e. The van der Waals surface area contributed by atoms with Gasteiger partial charge in [-0.15, -0.1) is 0 Å². The van der Waals surface area contributed by atoms with Crippen LogP contribution in [-0.2, 0) is 4.79 Å². The molecule has 0 N–H and O–H groups in total. The molecule has 0 heterocycles. The highest BCUT2D eigenvalue weighted by molar-refractivity contribution is 5.76. The molecule has 0 spiro atoms. The second-order valence-electron chi connectivity index (χ2n) is 4.23. The van der Waals surface area contributed by atoms with Crippen LogP contribution in [0, 0.1) is 0 Å². The fourth-order valence-corrected chi connectivity index (χ4v) is 2.35. The molecule has 1 saturated carbocycles. The van der Waals surface area contributed by atoms with Crippen molar-refractivity contribution in [2.24, 2.45) is 0 Å². The number of hydrogen-bond acceptors (Lipinski definition) is 1. The summed E-state index contributed by atoms with van der Waals surface area (Å²) < 4.78 is 0. The van der Waals surface area contributed by atoms with Crippen LogP contribution in [-0.4, -0.2) is 23.4 Å². The first-order valence-electron chi connectivity index (χ1n) is 6.09. The monoisotopic (exact) mass is 197 g/mol. The highest BCUT2D eigenvalue weighted by Gasteiger charge is 2.23. The van der Waals surface area contributed by atoms with Gasteiger partial charge in [0.1, 0.15) is 0 Å². The lowest BCUT2D eigenvalue weighted by molar-refractivity contribution is -0.133. The largest absolute Gasteiger partial charge is 0.340 e. The summed E-state index contributed by atoms with van der Waals surface area (Å²) in [6.45, 7) is 5.07. The third kappa shape index (κ3) is 3.00. The summed E-state index contributed by atoms with van der Waals surface area (Å²) in [7, 11) is 0. The third-order valence-electron chi connectivity index (χ3n) is 3.10. The minimum Gasteiger partial charge on any atom is -0.340 e. The topological polar surface area (TPSA) is 20.3 Å². The van der Waals surface area contributed by atoms with Crippen LogP contribution in [0.4, 0.5) is 0 Å². The Bertz CT molecular complexity index is 173. The number of carbonyl (C=O) groups is 1. The SMILES string of the molecule is CCCN(C(=O)CC)C1CCCCC1. The van der Waals surface area contributed by atoms with Crippen LogP contribution in [0.25, 0.3) is 0 Å². The fraction of sp³-hybridized carbons (Fsp3) is 0.917. The van der Waals surface area contributed by atoms with Crippen LogP contribution < -0.4 is 0 Å². The molecule has 0 unspecified atom stereocenters. The van der Waals surface area contributed by atoms with Crippen molar-refractivity contribution in [1.29, 1.82) is 0 Å². The van der Waals surface area contributed by atoms with Crippen molar-refractivity contribution in [2.45, 2.75) is 64.8 Å². The van der Waals surface area contributed by atoms with Gasteiger partial charge in [0, 0.05) is 19.0 Å². The molecule has 0 aromatic heterocycles. The van der Waals surface area contributed by atoms with Gasteiger partial charge in [-0.25, -0.2) is 0 Å². The number of amides is 1. The summed E-state index contributed by atoms with van der Waals surface area (Å²) in [6.07, 6.45) is 8.18. The Labute approximate surface area is 87.7 Å². The molecule has 1 fully saturated rings. The van der Waals surface area contributed by atoms with Gasteiger partial charge in [0.05, 0.1) is 0 Å². The Balaban J connectivity index is 2.50. The molecule has 2 nitrogen and oxygen atoms in total. The smallest absolute Gasteiger partial charge is 0.222 e. The van der Waals surface area contributed by atoms with E-state index in [1.807, 2.05) is 6.92 Å². The molecule has 0 aliphatic heterocycles. The summed E-state index contributed by atoms with van der Waals surface area (Å²) >= 11 is 0. The number of hydrogen-bond donors (Lipinski definition) is 0. The van der Waals surface area contributed by atoms with Gasteiger partial charge in [-0.05, 0) is 19.3 Å². The number of nitrogens with zero attached hydrogens (tertiary/aromatic N) is 1. The summed E-state index contributed by atoms with van der Waals surface area (Å²) in [5, 5.41) is 0. The van der Waals surface area contributed by atoms with Gasteiger partial charge in [-0.3, -0.25) is 4.79 Å². The normalized spacial score (nSPS) is 18.1. The quantitative estimate of drug-likeness (QED) is 0.678. The maximum atomic E-state index is 11.7. The van der Waals surface area contributed by atoms with Crippen LogP contribution in [0.1, 0.15) is 58.8 Å². The van der Waals surface area contributed by atoms with Gasteiger partial charge in [0.2, 0.25) is 5.91 Å². The Morgan fingerprint density at radius 3 is 2.36 bits per heavy atom. The molecule has 0 bridgehead atoms. The Morgan fingerprint density at radius 2 is 1.86 bits per heavy atom. The van der Waals surface area contributed by atoms with E-state index in [1.165, 1.54) is 32.1 Å². The zero-order valence-electron chi connectivity index (χ0n) is 9.59.